The van der Waals surface area contributed by atoms with Gasteiger partial charge < -0.3 is 29.4 Å². The van der Waals surface area contributed by atoms with Gasteiger partial charge in [-0.05, 0) is 87.2 Å². The van der Waals surface area contributed by atoms with Gasteiger partial charge in [0.05, 0.1) is 19.3 Å². The van der Waals surface area contributed by atoms with Gasteiger partial charge in [0.25, 0.3) is 0 Å². The molecule has 0 fully saturated rings. The maximum Gasteiger partial charge on any atom is 0.344 e. The highest BCUT2D eigenvalue weighted by molar-refractivity contribution is 6.30. The van der Waals surface area contributed by atoms with Crippen LogP contribution in [0.1, 0.15) is 62.8 Å². The predicted octanol–water partition coefficient (Wildman–Crippen LogP) is 5.85. The zero-order valence-electron chi connectivity index (χ0n) is 24.6. The number of carbonyl (C=O) groups excluding carboxylic acids is 2. The van der Waals surface area contributed by atoms with E-state index in [1.165, 1.54) is 0 Å². The Balaban J connectivity index is 1.77. The lowest BCUT2D eigenvalue weighted by molar-refractivity contribution is -0.146. The highest BCUT2D eigenvalue weighted by Crippen LogP contribution is 2.35. The fraction of sp³-hybridized carbons (Fsp3) is 0.394. The molecule has 0 aromatic heterocycles. The van der Waals surface area contributed by atoms with Crippen molar-refractivity contribution in [3.63, 3.8) is 0 Å². The third-order valence-electron chi connectivity index (χ3n) is 6.61. The number of hydrogen-bond donors (Lipinski definition) is 2. The van der Waals surface area contributed by atoms with E-state index >= 15 is 0 Å². The molecule has 0 heterocycles. The summed E-state index contributed by atoms with van der Waals surface area (Å²) >= 11 is 6.11. The number of nitrogens with one attached hydrogen (secondary N) is 1. The van der Waals surface area contributed by atoms with E-state index in [1.807, 2.05) is 60.7 Å². The normalized spacial score (nSPS) is 12.1. The van der Waals surface area contributed by atoms with Crippen LogP contribution >= 0.6 is 11.6 Å². The summed E-state index contributed by atoms with van der Waals surface area (Å²) in [7, 11) is 0. The molecule has 8 nitrogen and oxygen atoms in total. The summed E-state index contributed by atoms with van der Waals surface area (Å²) in [6.45, 7) is 8.33. The number of halogens is 1. The Morgan fingerprint density at radius 1 is 0.810 bits per heavy atom. The van der Waals surface area contributed by atoms with Crippen molar-refractivity contribution in [2.75, 3.05) is 33.0 Å². The van der Waals surface area contributed by atoms with Gasteiger partial charge in [0.1, 0.15) is 11.5 Å². The molecule has 9 heteroatoms. The topological polar surface area (TPSA) is 103 Å². The van der Waals surface area contributed by atoms with Crippen LogP contribution in [0.2, 0.25) is 5.02 Å². The smallest absolute Gasteiger partial charge is 0.344 e. The molecule has 0 radical (unpaired) electrons. The van der Waals surface area contributed by atoms with E-state index in [4.69, 9.17) is 30.5 Å². The van der Waals surface area contributed by atoms with E-state index in [9.17, 15) is 14.7 Å². The molecule has 2 N–H and O–H groups in total. The van der Waals surface area contributed by atoms with Crippen LogP contribution in [-0.2, 0) is 19.1 Å². The molecular formula is C33H40ClNO7. The number of benzene rings is 3. The van der Waals surface area contributed by atoms with Gasteiger partial charge >= 0.3 is 11.9 Å². The highest BCUT2D eigenvalue weighted by Gasteiger charge is 2.27. The standard InChI is InChI=1S/C33H40ClNO7/c1-5-39-31(37)21-41-27-14-10-23(11-15-27)29(24-12-16-28(17-13-24)42-22-32(38)40-6-2)19-33(3,4)35-20-30(36)25-8-7-9-26(34)18-25/h7-18,29-30,35-36H,5-6,19-22H2,1-4H3/t30-/m0/s1. The summed E-state index contributed by atoms with van der Waals surface area (Å²) in [5.74, 6) is 0.259. The van der Waals surface area contributed by atoms with Crippen molar-refractivity contribution in [3.05, 3.63) is 94.5 Å². The molecule has 0 amide bonds. The molecule has 1 atom stereocenters. The molecule has 0 aliphatic heterocycles. The molecule has 0 unspecified atom stereocenters. The van der Waals surface area contributed by atoms with E-state index in [0.717, 1.165) is 16.7 Å². The maximum atomic E-state index is 11.7. The second-order valence-corrected chi connectivity index (χ2v) is 10.9. The number of aliphatic hydroxyl groups is 1. The van der Waals surface area contributed by atoms with Crippen molar-refractivity contribution in [2.24, 2.45) is 0 Å². The SMILES string of the molecule is CCOC(=O)COc1ccc(C(CC(C)(C)NC[C@H](O)c2cccc(Cl)c2)c2ccc(OCC(=O)OCC)cc2)cc1. The number of β-amino-alcohol motifs (C(OH)–C–C–N with tert-alkyl or cyclic N) is 1. The third kappa shape index (κ3) is 10.7. The first kappa shape index (κ1) is 32.9. The Hall–Kier alpha value is -3.59. The van der Waals surface area contributed by atoms with Crippen LogP contribution in [0.5, 0.6) is 11.5 Å². The first-order valence-electron chi connectivity index (χ1n) is 14.1. The van der Waals surface area contributed by atoms with Crippen LogP contribution in [0.25, 0.3) is 0 Å². The molecule has 42 heavy (non-hydrogen) atoms. The summed E-state index contributed by atoms with van der Waals surface area (Å²) in [5, 5.41) is 14.9. The fourth-order valence-corrected chi connectivity index (χ4v) is 4.70. The number of aliphatic hydroxyl groups excluding tert-OH is 1. The summed E-state index contributed by atoms with van der Waals surface area (Å²) in [6.07, 6.45) is -0.0190. The summed E-state index contributed by atoms with van der Waals surface area (Å²) in [6, 6.07) is 22.5. The van der Waals surface area contributed by atoms with E-state index in [-0.39, 0.29) is 24.7 Å². The van der Waals surface area contributed by atoms with Gasteiger partial charge in [-0.1, -0.05) is 48.0 Å². The van der Waals surface area contributed by atoms with Crippen LogP contribution < -0.4 is 14.8 Å². The minimum atomic E-state index is -0.715. The highest BCUT2D eigenvalue weighted by atomic mass is 35.5. The van der Waals surface area contributed by atoms with Crippen LogP contribution in [0.15, 0.2) is 72.8 Å². The Labute approximate surface area is 252 Å². The molecule has 0 aliphatic carbocycles. The number of ether oxygens (including phenoxy) is 4. The molecule has 226 valence electrons. The first-order chi connectivity index (χ1) is 20.1. The Bertz CT molecular complexity index is 1210. The summed E-state index contributed by atoms with van der Waals surface area (Å²) in [4.78, 5) is 23.4. The second kappa shape index (κ2) is 16.2. The molecule has 0 saturated carbocycles. The summed E-state index contributed by atoms with van der Waals surface area (Å²) < 4.78 is 21.0. The van der Waals surface area contributed by atoms with Gasteiger partial charge in [0, 0.05) is 23.0 Å². The van der Waals surface area contributed by atoms with E-state index in [1.54, 1.807) is 26.0 Å². The van der Waals surface area contributed by atoms with E-state index in [0.29, 0.717) is 42.7 Å². The van der Waals surface area contributed by atoms with Gasteiger partial charge in [-0.3, -0.25) is 0 Å². The molecule has 0 saturated heterocycles. The van der Waals surface area contributed by atoms with Gasteiger partial charge in [-0.25, -0.2) is 9.59 Å². The van der Waals surface area contributed by atoms with Crippen molar-refractivity contribution in [1.82, 2.24) is 5.32 Å². The second-order valence-electron chi connectivity index (χ2n) is 10.4. The molecule has 3 rings (SSSR count). The van der Waals surface area contributed by atoms with Crippen LogP contribution in [-0.4, -0.2) is 55.6 Å². The van der Waals surface area contributed by atoms with E-state index in [2.05, 4.69) is 19.2 Å². The predicted molar refractivity (Wildman–Crippen MR) is 162 cm³/mol. The van der Waals surface area contributed by atoms with Gasteiger partial charge in [-0.15, -0.1) is 0 Å². The lowest BCUT2D eigenvalue weighted by atomic mass is 9.81. The van der Waals surface area contributed by atoms with Crippen molar-refractivity contribution in [1.29, 1.82) is 0 Å². The largest absolute Gasteiger partial charge is 0.482 e. The van der Waals surface area contributed by atoms with Crippen LogP contribution in [0, 0.1) is 0 Å². The zero-order valence-corrected chi connectivity index (χ0v) is 25.4. The molecular weight excluding hydrogens is 558 g/mol. The lowest BCUT2D eigenvalue weighted by Crippen LogP contribution is -2.42. The Morgan fingerprint density at radius 3 is 1.76 bits per heavy atom. The monoisotopic (exact) mass is 597 g/mol. The minimum Gasteiger partial charge on any atom is -0.482 e. The van der Waals surface area contributed by atoms with Gasteiger partial charge in [0.15, 0.2) is 13.2 Å². The number of hydrogen-bond acceptors (Lipinski definition) is 8. The third-order valence-corrected chi connectivity index (χ3v) is 6.85. The Morgan fingerprint density at radius 2 is 1.31 bits per heavy atom. The van der Waals surface area contributed by atoms with Crippen molar-refractivity contribution in [2.45, 2.75) is 51.7 Å². The fourth-order valence-electron chi connectivity index (χ4n) is 4.50. The molecule has 0 spiro atoms. The lowest BCUT2D eigenvalue weighted by Gasteiger charge is -2.33. The molecule has 0 bridgehead atoms. The van der Waals surface area contributed by atoms with Crippen LogP contribution in [0.4, 0.5) is 0 Å². The zero-order chi connectivity index (χ0) is 30.5. The van der Waals surface area contributed by atoms with Crippen molar-refractivity contribution in [3.8, 4) is 11.5 Å². The maximum absolute atomic E-state index is 11.7. The van der Waals surface area contributed by atoms with Gasteiger partial charge in [-0.2, -0.15) is 0 Å². The summed E-state index contributed by atoms with van der Waals surface area (Å²) in [5.41, 5.74) is 2.47. The van der Waals surface area contributed by atoms with E-state index < -0.39 is 18.0 Å². The molecule has 3 aromatic carbocycles. The number of carbonyl (C=O) groups is 2. The molecule has 0 aliphatic rings. The average Bonchev–Trinajstić information content (AvgIpc) is 2.97. The quantitative estimate of drug-likeness (QED) is 0.198. The number of rotatable bonds is 16. The molecule has 3 aromatic rings. The van der Waals surface area contributed by atoms with Crippen molar-refractivity contribution < 1.29 is 33.6 Å². The Kier molecular flexibility index (Phi) is 12.7. The first-order valence-corrected chi connectivity index (χ1v) is 14.4. The minimum absolute atomic E-state index is 0.0333. The van der Waals surface area contributed by atoms with Crippen molar-refractivity contribution >= 4 is 23.5 Å². The van der Waals surface area contributed by atoms with Crippen LogP contribution in [0.3, 0.4) is 0 Å². The average molecular weight is 598 g/mol. The van der Waals surface area contributed by atoms with Gasteiger partial charge in [0.2, 0.25) is 0 Å². The number of esters is 2.